The Labute approximate surface area is 91.8 Å². The van der Waals surface area contributed by atoms with E-state index in [1.807, 2.05) is 18.7 Å². The summed E-state index contributed by atoms with van der Waals surface area (Å²) in [7, 11) is 0. The highest BCUT2D eigenvalue weighted by atomic mass is 16.5. The number of amides is 1. The van der Waals surface area contributed by atoms with E-state index in [4.69, 9.17) is 4.74 Å². The second-order valence-corrected chi connectivity index (χ2v) is 5.52. The average Bonchev–Trinajstić information content (AvgIpc) is 2.81. The van der Waals surface area contributed by atoms with Gasteiger partial charge in [-0.1, -0.05) is 6.92 Å². The van der Waals surface area contributed by atoms with Crippen LogP contribution < -0.4 is 0 Å². The minimum atomic E-state index is 0.00384. The number of hydrogen-bond acceptors (Lipinski definition) is 2. The van der Waals surface area contributed by atoms with Crippen LogP contribution in [0.15, 0.2) is 0 Å². The molecule has 0 radical (unpaired) electrons. The van der Waals surface area contributed by atoms with Crippen LogP contribution in [0.2, 0.25) is 0 Å². The molecular weight excluding hydrogens is 190 g/mol. The van der Waals surface area contributed by atoms with Crippen LogP contribution in [-0.2, 0) is 9.53 Å². The summed E-state index contributed by atoms with van der Waals surface area (Å²) in [6.45, 7) is 8.79. The molecule has 86 valence electrons. The van der Waals surface area contributed by atoms with E-state index in [9.17, 15) is 4.79 Å². The summed E-state index contributed by atoms with van der Waals surface area (Å²) in [5.74, 6) is 0.932. The Bertz CT molecular complexity index is 252. The van der Waals surface area contributed by atoms with Crippen LogP contribution in [0.1, 0.15) is 33.6 Å². The van der Waals surface area contributed by atoms with E-state index in [1.165, 1.54) is 0 Å². The van der Waals surface area contributed by atoms with Gasteiger partial charge in [0.05, 0.1) is 12.7 Å². The normalized spacial score (nSPS) is 24.1. The Balaban J connectivity index is 1.67. The van der Waals surface area contributed by atoms with Crippen molar-refractivity contribution in [1.29, 1.82) is 0 Å². The van der Waals surface area contributed by atoms with Gasteiger partial charge in [0.15, 0.2) is 0 Å². The van der Waals surface area contributed by atoms with Gasteiger partial charge < -0.3 is 9.64 Å². The molecule has 2 rings (SSSR count). The topological polar surface area (TPSA) is 29.5 Å². The third kappa shape index (κ3) is 2.33. The summed E-state index contributed by atoms with van der Waals surface area (Å²) in [4.78, 5) is 13.9. The van der Waals surface area contributed by atoms with Gasteiger partial charge in [-0.25, -0.2) is 0 Å². The van der Waals surface area contributed by atoms with E-state index in [1.54, 1.807) is 0 Å². The van der Waals surface area contributed by atoms with Gasteiger partial charge in [0.25, 0.3) is 0 Å². The summed E-state index contributed by atoms with van der Waals surface area (Å²) < 4.78 is 5.54. The maximum absolute atomic E-state index is 11.9. The highest BCUT2D eigenvalue weighted by Crippen LogP contribution is 2.47. The highest BCUT2D eigenvalue weighted by Gasteiger charge is 2.49. The molecule has 0 spiro atoms. The fourth-order valence-corrected chi connectivity index (χ4v) is 1.95. The van der Waals surface area contributed by atoms with Crippen molar-refractivity contribution < 1.29 is 9.53 Å². The molecule has 1 aliphatic heterocycles. The molecule has 1 saturated carbocycles. The molecule has 0 aromatic carbocycles. The Hall–Kier alpha value is -0.570. The quantitative estimate of drug-likeness (QED) is 0.708. The molecule has 15 heavy (non-hydrogen) atoms. The number of carbonyl (C=O) groups is 1. The maximum atomic E-state index is 11.9. The summed E-state index contributed by atoms with van der Waals surface area (Å²) >= 11 is 0. The van der Waals surface area contributed by atoms with Crippen molar-refractivity contribution in [1.82, 2.24) is 4.90 Å². The number of likely N-dealkylation sites (tertiary alicyclic amines) is 1. The molecular formula is C12H21NO2. The molecule has 0 N–H and O–H groups in total. The Morgan fingerprint density at radius 2 is 2.07 bits per heavy atom. The Kier molecular flexibility index (Phi) is 2.75. The van der Waals surface area contributed by atoms with Crippen LogP contribution in [0, 0.1) is 11.3 Å². The predicted molar refractivity (Wildman–Crippen MR) is 58.5 cm³/mol. The predicted octanol–water partition coefficient (Wildman–Crippen LogP) is 1.67. The zero-order chi connectivity index (χ0) is 11.1. The molecule has 1 amide bonds. The average molecular weight is 211 g/mol. The summed E-state index contributed by atoms with van der Waals surface area (Å²) in [6, 6.07) is 0. The highest BCUT2D eigenvalue weighted by molar-refractivity contribution is 5.85. The number of ether oxygens (including phenoxy) is 1. The number of nitrogens with zero attached hydrogens (tertiary/aromatic N) is 1. The largest absolute Gasteiger partial charge is 0.378 e. The Morgan fingerprint density at radius 1 is 1.47 bits per heavy atom. The lowest BCUT2D eigenvalue weighted by Crippen LogP contribution is -2.53. The summed E-state index contributed by atoms with van der Waals surface area (Å²) in [5, 5.41) is 0. The monoisotopic (exact) mass is 211 g/mol. The molecule has 1 heterocycles. The van der Waals surface area contributed by atoms with Gasteiger partial charge in [0, 0.05) is 24.4 Å². The second kappa shape index (κ2) is 3.78. The molecule has 3 heteroatoms. The minimum Gasteiger partial charge on any atom is -0.378 e. The molecule has 1 aliphatic carbocycles. The van der Waals surface area contributed by atoms with Crippen LogP contribution in [-0.4, -0.2) is 36.6 Å². The molecule has 0 unspecified atom stereocenters. The van der Waals surface area contributed by atoms with Gasteiger partial charge in [-0.05, 0) is 26.7 Å². The zero-order valence-electron chi connectivity index (χ0n) is 9.95. The minimum absolute atomic E-state index is 0.00384. The van der Waals surface area contributed by atoms with E-state index < -0.39 is 0 Å². The van der Waals surface area contributed by atoms with Crippen molar-refractivity contribution >= 4 is 5.91 Å². The summed E-state index contributed by atoms with van der Waals surface area (Å²) in [5.41, 5.74) is 0.00384. The van der Waals surface area contributed by atoms with E-state index in [-0.39, 0.29) is 5.41 Å². The van der Waals surface area contributed by atoms with E-state index in [0.29, 0.717) is 17.9 Å². The van der Waals surface area contributed by atoms with Crippen LogP contribution in [0.3, 0.4) is 0 Å². The van der Waals surface area contributed by atoms with Gasteiger partial charge in [-0.15, -0.1) is 0 Å². The van der Waals surface area contributed by atoms with Gasteiger partial charge >= 0.3 is 0 Å². The molecule has 0 atom stereocenters. The van der Waals surface area contributed by atoms with E-state index in [2.05, 4.69) is 6.92 Å². The molecule has 1 saturated heterocycles. The number of hydrogen-bond donors (Lipinski definition) is 0. The van der Waals surface area contributed by atoms with E-state index >= 15 is 0 Å². The summed E-state index contributed by atoms with van der Waals surface area (Å²) in [6.07, 6.45) is 2.46. The van der Waals surface area contributed by atoms with Crippen molar-refractivity contribution in [2.45, 2.75) is 39.7 Å². The van der Waals surface area contributed by atoms with Gasteiger partial charge in [-0.3, -0.25) is 4.79 Å². The maximum Gasteiger partial charge on any atom is 0.228 e. The SMILES string of the molecule is CC(C)OCC1CN(C(=O)C2(C)CC2)C1. The Morgan fingerprint density at radius 3 is 2.53 bits per heavy atom. The molecule has 0 aromatic rings. The number of rotatable bonds is 4. The van der Waals surface area contributed by atoms with Crippen LogP contribution in [0.4, 0.5) is 0 Å². The molecule has 2 aliphatic rings. The van der Waals surface area contributed by atoms with Crippen LogP contribution >= 0.6 is 0 Å². The van der Waals surface area contributed by atoms with Gasteiger partial charge in [0.2, 0.25) is 5.91 Å². The van der Waals surface area contributed by atoms with Crippen molar-refractivity contribution in [3.8, 4) is 0 Å². The smallest absolute Gasteiger partial charge is 0.228 e. The molecule has 0 aromatic heterocycles. The van der Waals surface area contributed by atoms with Gasteiger partial charge in [-0.2, -0.15) is 0 Å². The van der Waals surface area contributed by atoms with Crippen molar-refractivity contribution in [3.63, 3.8) is 0 Å². The lowest BCUT2D eigenvalue weighted by Gasteiger charge is -2.40. The standard InChI is InChI=1S/C12H21NO2/c1-9(2)15-8-10-6-13(7-10)11(14)12(3)4-5-12/h9-10H,4-8H2,1-3H3. The van der Waals surface area contributed by atoms with Crippen LogP contribution in [0.5, 0.6) is 0 Å². The third-order valence-corrected chi connectivity index (χ3v) is 3.43. The van der Waals surface area contributed by atoms with E-state index in [0.717, 1.165) is 32.5 Å². The van der Waals surface area contributed by atoms with Crippen molar-refractivity contribution in [2.24, 2.45) is 11.3 Å². The molecule has 0 bridgehead atoms. The zero-order valence-corrected chi connectivity index (χ0v) is 9.95. The second-order valence-electron chi connectivity index (χ2n) is 5.52. The lowest BCUT2D eigenvalue weighted by atomic mass is 9.97. The first-order valence-electron chi connectivity index (χ1n) is 5.92. The van der Waals surface area contributed by atoms with Crippen molar-refractivity contribution in [3.05, 3.63) is 0 Å². The van der Waals surface area contributed by atoms with Gasteiger partial charge in [0.1, 0.15) is 0 Å². The molecule has 3 nitrogen and oxygen atoms in total. The lowest BCUT2D eigenvalue weighted by molar-refractivity contribution is -0.144. The third-order valence-electron chi connectivity index (χ3n) is 3.43. The first kappa shape index (κ1) is 10.9. The first-order chi connectivity index (χ1) is 7.01. The fraction of sp³-hybridized carbons (Fsp3) is 0.917. The number of carbonyl (C=O) groups excluding carboxylic acids is 1. The van der Waals surface area contributed by atoms with Crippen LogP contribution in [0.25, 0.3) is 0 Å². The first-order valence-corrected chi connectivity index (χ1v) is 5.92. The van der Waals surface area contributed by atoms with Crippen molar-refractivity contribution in [2.75, 3.05) is 19.7 Å². The molecule has 2 fully saturated rings. The fourth-order valence-electron chi connectivity index (χ4n) is 1.95.